The average molecular weight is 216 g/mol. The van der Waals surface area contributed by atoms with Crippen LogP contribution in [0.15, 0.2) is 48.7 Å². The Kier molecular flexibility index (Phi) is 3.62. The van der Waals surface area contributed by atoms with Gasteiger partial charge in [-0.05, 0) is 17.7 Å². The molecular formula is C13H13FN2. The smallest absolute Gasteiger partial charge is 0.146 e. The molecule has 0 atom stereocenters. The van der Waals surface area contributed by atoms with Gasteiger partial charge in [-0.1, -0.05) is 30.3 Å². The van der Waals surface area contributed by atoms with Gasteiger partial charge in [0.05, 0.1) is 5.69 Å². The van der Waals surface area contributed by atoms with E-state index in [4.69, 9.17) is 0 Å². The zero-order chi connectivity index (χ0) is 11.2. The van der Waals surface area contributed by atoms with Gasteiger partial charge in [0.1, 0.15) is 5.82 Å². The molecule has 2 nitrogen and oxygen atoms in total. The summed E-state index contributed by atoms with van der Waals surface area (Å²) in [5, 5.41) is 3.16. The molecule has 0 aliphatic carbocycles. The van der Waals surface area contributed by atoms with E-state index >= 15 is 0 Å². The Labute approximate surface area is 94.2 Å². The second-order valence-corrected chi connectivity index (χ2v) is 3.52. The van der Waals surface area contributed by atoms with Gasteiger partial charge in [-0.25, -0.2) is 4.39 Å². The Balaban J connectivity index is 1.87. The second kappa shape index (κ2) is 5.37. The van der Waals surface area contributed by atoms with Crippen LogP contribution in [-0.4, -0.2) is 4.98 Å². The summed E-state index contributed by atoms with van der Waals surface area (Å²) in [5.74, 6) is -0.261. The highest BCUT2D eigenvalue weighted by molar-refractivity contribution is 5.14. The van der Waals surface area contributed by atoms with Crippen LogP contribution in [0.2, 0.25) is 0 Å². The van der Waals surface area contributed by atoms with Crippen LogP contribution in [0.25, 0.3) is 0 Å². The topological polar surface area (TPSA) is 24.9 Å². The highest BCUT2D eigenvalue weighted by atomic mass is 19.1. The summed E-state index contributed by atoms with van der Waals surface area (Å²) in [6, 6.07) is 13.0. The van der Waals surface area contributed by atoms with Crippen LogP contribution in [0.1, 0.15) is 11.3 Å². The first-order valence-corrected chi connectivity index (χ1v) is 5.20. The third-order valence-corrected chi connectivity index (χ3v) is 2.30. The molecule has 1 aromatic carbocycles. The Morgan fingerprint density at radius 2 is 1.81 bits per heavy atom. The fourth-order valence-corrected chi connectivity index (χ4v) is 1.47. The van der Waals surface area contributed by atoms with Gasteiger partial charge in [-0.15, -0.1) is 0 Å². The first-order chi connectivity index (χ1) is 7.86. The van der Waals surface area contributed by atoms with Crippen LogP contribution in [0.4, 0.5) is 4.39 Å². The van der Waals surface area contributed by atoms with Crippen LogP contribution in [0.5, 0.6) is 0 Å². The fraction of sp³-hybridized carbons (Fsp3) is 0.154. The largest absolute Gasteiger partial charge is 0.307 e. The normalized spacial score (nSPS) is 10.3. The van der Waals surface area contributed by atoms with E-state index in [1.165, 1.54) is 11.6 Å². The molecule has 0 radical (unpaired) electrons. The highest BCUT2D eigenvalue weighted by Gasteiger charge is 2.00. The van der Waals surface area contributed by atoms with E-state index in [2.05, 4.69) is 10.3 Å². The third-order valence-electron chi connectivity index (χ3n) is 2.30. The summed E-state index contributed by atoms with van der Waals surface area (Å²) in [6.45, 7) is 1.17. The lowest BCUT2D eigenvalue weighted by Gasteiger charge is -2.04. The molecule has 82 valence electrons. The van der Waals surface area contributed by atoms with Crippen molar-refractivity contribution in [2.45, 2.75) is 13.1 Å². The van der Waals surface area contributed by atoms with E-state index in [1.54, 1.807) is 12.3 Å². The first-order valence-electron chi connectivity index (χ1n) is 5.20. The van der Waals surface area contributed by atoms with Crippen molar-refractivity contribution in [3.05, 3.63) is 65.7 Å². The number of rotatable bonds is 4. The molecule has 0 bridgehead atoms. The minimum atomic E-state index is -0.261. The van der Waals surface area contributed by atoms with E-state index in [0.717, 1.165) is 6.54 Å². The molecule has 16 heavy (non-hydrogen) atoms. The van der Waals surface area contributed by atoms with Crippen LogP contribution >= 0.6 is 0 Å². The number of benzene rings is 1. The minimum Gasteiger partial charge on any atom is -0.307 e. The van der Waals surface area contributed by atoms with Crippen molar-refractivity contribution < 1.29 is 4.39 Å². The van der Waals surface area contributed by atoms with E-state index in [0.29, 0.717) is 12.2 Å². The Bertz CT molecular complexity index is 443. The molecule has 1 heterocycles. The first kappa shape index (κ1) is 10.8. The summed E-state index contributed by atoms with van der Waals surface area (Å²) < 4.78 is 13.2. The molecule has 1 N–H and O–H groups in total. The zero-order valence-electron chi connectivity index (χ0n) is 8.86. The maximum Gasteiger partial charge on any atom is 0.146 e. The lowest BCUT2D eigenvalue weighted by molar-refractivity contribution is 0.574. The Morgan fingerprint density at radius 1 is 1.00 bits per heavy atom. The number of pyridine rings is 1. The minimum absolute atomic E-state index is 0.261. The van der Waals surface area contributed by atoms with Crippen molar-refractivity contribution in [2.75, 3.05) is 0 Å². The SMILES string of the molecule is Fc1cccnc1CNCc1ccccc1. The molecule has 0 unspecified atom stereocenters. The number of aromatic nitrogens is 1. The maximum absolute atomic E-state index is 13.2. The van der Waals surface area contributed by atoms with E-state index in [9.17, 15) is 4.39 Å². The van der Waals surface area contributed by atoms with Crippen molar-refractivity contribution >= 4 is 0 Å². The van der Waals surface area contributed by atoms with Gasteiger partial charge in [-0.2, -0.15) is 0 Å². The average Bonchev–Trinajstić information content (AvgIpc) is 2.33. The van der Waals surface area contributed by atoms with Gasteiger partial charge < -0.3 is 5.32 Å². The molecule has 2 aromatic rings. The number of hydrogen-bond donors (Lipinski definition) is 1. The molecule has 0 fully saturated rings. The van der Waals surface area contributed by atoms with Crippen molar-refractivity contribution in [1.82, 2.24) is 10.3 Å². The van der Waals surface area contributed by atoms with E-state index in [-0.39, 0.29) is 5.82 Å². The molecule has 1 aromatic heterocycles. The van der Waals surface area contributed by atoms with Crippen LogP contribution in [0, 0.1) is 5.82 Å². The van der Waals surface area contributed by atoms with Gasteiger partial charge in [-0.3, -0.25) is 4.98 Å². The summed E-state index contributed by atoms with van der Waals surface area (Å²) in [5.41, 5.74) is 1.64. The summed E-state index contributed by atoms with van der Waals surface area (Å²) >= 11 is 0. The van der Waals surface area contributed by atoms with Gasteiger partial charge in [0.2, 0.25) is 0 Å². The Hall–Kier alpha value is -1.74. The standard InChI is InChI=1S/C13H13FN2/c14-12-7-4-8-16-13(12)10-15-9-11-5-2-1-3-6-11/h1-8,15H,9-10H2. The summed E-state index contributed by atoms with van der Waals surface area (Å²) in [6.07, 6.45) is 1.60. The Morgan fingerprint density at radius 3 is 2.56 bits per heavy atom. The molecule has 0 spiro atoms. The molecule has 0 saturated carbocycles. The summed E-state index contributed by atoms with van der Waals surface area (Å²) in [4.78, 5) is 3.97. The number of nitrogens with zero attached hydrogens (tertiary/aromatic N) is 1. The third kappa shape index (κ3) is 2.87. The zero-order valence-corrected chi connectivity index (χ0v) is 8.86. The molecule has 0 saturated heterocycles. The van der Waals surface area contributed by atoms with Crippen LogP contribution < -0.4 is 5.32 Å². The summed E-state index contributed by atoms with van der Waals surface area (Å²) in [7, 11) is 0. The lowest BCUT2D eigenvalue weighted by atomic mass is 10.2. The van der Waals surface area contributed by atoms with Gasteiger partial charge >= 0.3 is 0 Å². The molecule has 3 heteroatoms. The van der Waals surface area contributed by atoms with Crippen molar-refractivity contribution in [3.63, 3.8) is 0 Å². The predicted octanol–water partition coefficient (Wildman–Crippen LogP) is 2.51. The van der Waals surface area contributed by atoms with E-state index in [1.807, 2.05) is 30.3 Å². The number of halogens is 1. The van der Waals surface area contributed by atoms with Crippen molar-refractivity contribution in [1.29, 1.82) is 0 Å². The molecule has 0 aliphatic heterocycles. The van der Waals surface area contributed by atoms with Crippen LogP contribution in [0.3, 0.4) is 0 Å². The number of nitrogens with one attached hydrogen (secondary N) is 1. The van der Waals surface area contributed by atoms with Gasteiger partial charge in [0, 0.05) is 19.3 Å². The molecular weight excluding hydrogens is 203 g/mol. The fourth-order valence-electron chi connectivity index (χ4n) is 1.47. The number of hydrogen-bond acceptors (Lipinski definition) is 2. The van der Waals surface area contributed by atoms with Crippen molar-refractivity contribution in [2.24, 2.45) is 0 Å². The highest BCUT2D eigenvalue weighted by Crippen LogP contribution is 2.03. The van der Waals surface area contributed by atoms with Crippen molar-refractivity contribution in [3.8, 4) is 0 Å². The van der Waals surface area contributed by atoms with E-state index < -0.39 is 0 Å². The van der Waals surface area contributed by atoms with Crippen LogP contribution in [-0.2, 0) is 13.1 Å². The maximum atomic E-state index is 13.2. The predicted molar refractivity (Wildman–Crippen MR) is 61.2 cm³/mol. The second-order valence-electron chi connectivity index (χ2n) is 3.52. The lowest BCUT2D eigenvalue weighted by Crippen LogP contribution is -2.14. The monoisotopic (exact) mass is 216 g/mol. The molecule has 2 rings (SSSR count). The van der Waals surface area contributed by atoms with Gasteiger partial charge in [0.15, 0.2) is 0 Å². The van der Waals surface area contributed by atoms with Gasteiger partial charge in [0.25, 0.3) is 0 Å². The quantitative estimate of drug-likeness (QED) is 0.849. The molecule has 0 aliphatic rings. The molecule has 0 amide bonds.